The molecule has 2 aromatic rings. The number of hydrogen-bond donors (Lipinski definition) is 2. The van der Waals surface area contributed by atoms with Crippen molar-refractivity contribution in [3.63, 3.8) is 0 Å². The number of rotatable bonds is 10. The van der Waals surface area contributed by atoms with Crippen LogP contribution in [0.25, 0.3) is 0 Å². The van der Waals surface area contributed by atoms with E-state index in [9.17, 15) is 0 Å². The van der Waals surface area contributed by atoms with Crippen LogP contribution in [0.2, 0.25) is 0 Å². The van der Waals surface area contributed by atoms with Crippen LogP contribution in [0.5, 0.6) is 23.0 Å². The Morgan fingerprint density at radius 3 is 2.10 bits per heavy atom. The second-order valence-electron chi connectivity index (χ2n) is 6.72. The molecule has 0 aliphatic carbocycles. The number of guanidine groups is 1. The molecule has 0 atom stereocenters. The molecule has 0 heterocycles. The fourth-order valence-corrected chi connectivity index (χ4v) is 3.16. The number of benzene rings is 2. The van der Waals surface area contributed by atoms with Gasteiger partial charge in [0.2, 0.25) is 5.75 Å². The molecule has 7 nitrogen and oxygen atoms in total. The topological polar surface area (TPSA) is 73.3 Å². The van der Waals surface area contributed by atoms with Gasteiger partial charge in [0.25, 0.3) is 0 Å². The first-order valence-electron chi connectivity index (χ1n) is 10.0. The van der Waals surface area contributed by atoms with E-state index in [2.05, 4.69) is 29.7 Å². The van der Waals surface area contributed by atoms with Gasteiger partial charge in [-0.2, -0.15) is 0 Å². The third-order valence-electron chi connectivity index (χ3n) is 4.61. The van der Waals surface area contributed by atoms with Crippen LogP contribution in [0.15, 0.2) is 35.3 Å². The highest BCUT2D eigenvalue weighted by Gasteiger charge is 2.13. The van der Waals surface area contributed by atoms with Crippen molar-refractivity contribution in [3.05, 3.63) is 47.0 Å². The van der Waals surface area contributed by atoms with Gasteiger partial charge in [-0.15, -0.1) is 0 Å². The van der Waals surface area contributed by atoms with Crippen LogP contribution in [-0.2, 0) is 13.0 Å². The molecule has 0 saturated carbocycles. The third kappa shape index (κ3) is 6.20. The maximum Gasteiger partial charge on any atom is 0.203 e. The van der Waals surface area contributed by atoms with E-state index in [4.69, 9.17) is 23.9 Å². The molecule has 0 saturated heterocycles. The highest BCUT2D eigenvalue weighted by Crippen LogP contribution is 2.38. The Bertz CT molecular complexity index is 827. The summed E-state index contributed by atoms with van der Waals surface area (Å²) in [5.41, 5.74) is 3.35. The molecule has 0 aliphatic rings. The van der Waals surface area contributed by atoms with Crippen LogP contribution in [0.3, 0.4) is 0 Å². The zero-order valence-corrected chi connectivity index (χ0v) is 18.8. The summed E-state index contributed by atoms with van der Waals surface area (Å²) in [6.07, 6.45) is 0.833. The molecule has 0 bridgehead atoms. The van der Waals surface area contributed by atoms with Gasteiger partial charge in [0.1, 0.15) is 5.75 Å². The fourth-order valence-electron chi connectivity index (χ4n) is 3.16. The van der Waals surface area contributed by atoms with Crippen molar-refractivity contribution in [2.75, 3.05) is 41.5 Å². The lowest BCUT2D eigenvalue weighted by Gasteiger charge is -2.15. The van der Waals surface area contributed by atoms with E-state index in [-0.39, 0.29) is 0 Å². The maximum absolute atomic E-state index is 5.47. The molecule has 7 heteroatoms. The highest BCUT2D eigenvalue weighted by molar-refractivity contribution is 5.79. The minimum absolute atomic E-state index is 0.472. The number of nitrogens with one attached hydrogen (secondary N) is 2. The van der Waals surface area contributed by atoms with E-state index in [1.165, 1.54) is 11.1 Å². The van der Waals surface area contributed by atoms with Crippen molar-refractivity contribution in [3.8, 4) is 23.0 Å². The summed E-state index contributed by atoms with van der Waals surface area (Å²) in [6, 6.07) is 10.0. The van der Waals surface area contributed by atoms with Crippen molar-refractivity contribution in [2.45, 2.75) is 26.8 Å². The van der Waals surface area contributed by atoms with Crippen molar-refractivity contribution in [2.24, 2.45) is 4.99 Å². The van der Waals surface area contributed by atoms with Gasteiger partial charge >= 0.3 is 0 Å². The Morgan fingerprint density at radius 1 is 0.867 bits per heavy atom. The molecule has 0 spiro atoms. The first-order valence-corrected chi connectivity index (χ1v) is 10.0. The quantitative estimate of drug-likeness (QED) is 0.458. The van der Waals surface area contributed by atoms with E-state index in [0.717, 1.165) is 36.8 Å². The summed E-state index contributed by atoms with van der Waals surface area (Å²) in [5, 5.41) is 6.67. The Kier molecular flexibility index (Phi) is 9.12. The summed E-state index contributed by atoms with van der Waals surface area (Å²) in [4.78, 5) is 4.69. The largest absolute Gasteiger partial charge is 0.496 e. The first kappa shape index (κ1) is 23.2. The second-order valence-corrected chi connectivity index (χ2v) is 6.72. The molecule has 0 fully saturated rings. The minimum atomic E-state index is 0.472. The van der Waals surface area contributed by atoms with Crippen LogP contribution in [-0.4, -0.2) is 47.5 Å². The summed E-state index contributed by atoms with van der Waals surface area (Å²) in [5.74, 6) is 3.46. The molecule has 164 valence electrons. The monoisotopic (exact) mass is 415 g/mol. The Balaban J connectivity index is 2.08. The number of nitrogens with zero attached hydrogens (tertiary/aromatic N) is 1. The summed E-state index contributed by atoms with van der Waals surface area (Å²) in [6.45, 7) is 6.11. The third-order valence-corrected chi connectivity index (χ3v) is 4.61. The molecule has 0 radical (unpaired) electrons. The zero-order valence-electron chi connectivity index (χ0n) is 18.8. The Morgan fingerprint density at radius 2 is 1.53 bits per heavy atom. The van der Waals surface area contributed by atoms with Gasteiger partial charge < -0.3 is 29.6 Å². The first-order chi connectivity index (χ1) is 14.6. The summed E-state index contributed by atoms with van der Waals surface area (Å²) < 4.78 is 21.7. The van der Waals surface area contributed by atoms with Gasteiger partial charge in [-0.05, 0) is 49.6 Å². The van der Waals surface area contributed by atoms with E-state index in [0.29, 0.717) is 23.8 Å². The van der Waals surface area contributed by atoms with Gasteiger partial charge in [-0.25, -0.2) is 4.99 Å². The molecule has 2 N–H and O–H groups in total. The number of hydrogen-bond acceptors (Lipinski definition) is 5. The number of methoxy groups -OCH3 is 4. The van der Waals surface area contributed by atoms with E-state index < -0.39 is 0 Å². The average Bonchev–Trinajstić information content (AvgIpc) is 2.76. The van der Waals surface area contributed by atoms with Crippen molar-refractivity contribution >= 4 is 5.96 Å². The molecular formula is C23H33N3O4. The predicted molar refractivity (Wildman–Crippen MR) is 120 cm³/mol. The van der Waals surface area contributed by atoms with Crippen molar-refractivity contribution < 1.29 is 18.9 Å². The molecule has 2 rings (SSSR count). The molecule has 30 heavy (non-hydrogen) atoms. The van der Waals surface area contributed by atoms with Crippen LogP contribution in [0.4, 0.5) is 0 Å². The van der Waals surface area contributed by atoms with E-state index in [1.807, 2.05) is 25.1 Å². The van der Waals surface area contributed by atoms with E-state index >= 15 is 0 Å². The van der Waals surface area contributed by atoms with Crippen LogP contribution in [0.1, 0.15) is 23.6 Å². The van der Waals surface area contributed by atoms with Gasteiger partial charge in [0.05, 0.1) is 35.0 Å². The van der Waals surface area contributed by atoms with Crippen LogP contribution < -0.4 is 29.6 Å². The lowest BCUT2D eigenvalue weighted by Crippen LogP contribution is -2.38. The maximum atomic E-state index is 5.47. The smallest absolute Gasteiger partial charge is 0.203 e. The summed E-state index contributed by atoms with van der Waals surface area (Å²) >= 11 is 0. The standard InChI is InChI=1S/C23H33N3O4/c1-7-24-23(25-11-10-18-12-16(2)8-9-19(18)27-3)26-15-17-13-20(28-4)22(30-6)21(14-17)29-5/h8-9,12-14H,7,10-11,15H2,1-6H3,(H2,24,25,26). The SMILES string of the molecule is CCNC(=NCc1cc(OC)c(OC)c(OC)c1)NCCc1cc(C)ccc1OC. The number of ether oxygens (including phenoxy) is 4. The number of aliphatic imine (C=N–C) groups is 1. The summed E-state index contributed by atoms with van der Waals surface area (Å²) in [7, 11) is 6.50. The zero-order chi connectivity index (χ0) is 21.9. The van der Waals surface area contributed by atoms with Gasteiger partial charge in [0.15, 0.2) is 17.5 Å². The van der Waals surface area contributed by atoms with Crippen LogP contribution >= 0.6 is 0 Å². The van der Waals surface area contributed by atoms with E-state index in [1.54, 1.807) is 28.4 Å². The van der Waals surface area contributed by atoms with Crippen molar-refractivity contribution in [1.29, 1.82) is 0 Å². The van der Waals surface area contributed by atoms with Crippen molar-refractivity contribution in [1.82, 2.24) is 10.6 Å². The minimum Gasteiger partial charge on any atom is -0.496 e. The van der Waals surface area contributed by atoms with Crippen LogP contribution in [0, 0.1) is 6.92 Å². The molecule has 2 aromatic carbocycles. The molecule has 0 aromatic heterocycles. The fraction of sp³-hybridized carbons (Fsp3) is 0.435. The Labute approximate surface area is 179 Å². The molecule has 0 unspecified atom stereocenters. The molecule has 0 amide bonds. The normalized spacial score (nSPS) is 11.1. The lowest BCUT2D eigenvalue weighted by atomic mass is 10.1. The second kappa shape index (κ2) is 11.8. The van der Waals surface area contributed by atoms with Gasteiger partial charge in [0, 0.05) is 13.1 Å². The predicted octanol–water partition coefficient (Wildman–Crippen LogP) is 3.33. The molecular weight excluding hydrogens is 382 g/mol. The van der Waals surface area contributed by atoms with Gasteiger partial charge in [-0.1, -0.05) is 17.7 Å². The Hall–Kier alpha value is -3.09. The molecule has 0 aliphatic heterocycles. The lowest BCUT2D eigenvalue weighted by molar-refractivity contribution is 0.324. The average molecular weight is 416 g/mol. The highest BCUT2D eigenvalue weighted by atomic mass is 16.5. The van der Waals surface area contributed by atoms with Gasteiger partial charge in [-0.3, -0.25) is 0 Å². The number of aryl methyl sites for hydroxylation is 1.